The summed E-state index contributed by atoms with van der Waals surface area (Å²) in [6.07, 6.45) is 4.65. The van der Waals surface area contributed by atoms with Crippen molar-refractivity contribution in [2.75, 3.05) is 0 Å². The van der Waals surface area contributed by atoms with E-state index >= 15 is 0 Å². The van der Waals surface area contributed by atoms with Gasteiger partial charge in [0.25, 0.3) is 10.1 Å². The van der Waals surface area contributed by atoms with Crippen LogP contribution in [0.25, 0.3) is 0 Å². The highest BCUT2D eigenvalue weighted by Crippen LogP contribution is 2.23. The van der Waals surface area contributed by atoms with Gasteiger partial charge in [0, 0.05) is 0 Å². The molecule has 0 aromatic heterocycles. The van der Waals surface area contributed by atoms with Crippen molar-refractivity contribution >= 4 is 10.1 Å². The van der Waals surface area contributed by atoms with Crippen LogP contribution < -0.4 is 0 Å². The van der Waals surface area contributed by atoms with Crippen LogP contribution in [-0.2, 0) is 33.7 Å². The average Bonchev–Trinajstić information content (AvgIpc) is 2.53. The van der Waals surface area contributed by atoms with Crippen LogP contribution in [0.1, 0.15) is 35.1 Å². The second-order valence-corrected chi connectivity index (χ2v) is 7.45. The molecular weight excluding hydrogens is 296 g/mol. The van der Waals surface area contributed by atoms with E-state index in [9.17, 15) is 8.42 Å². The van der Waals surface area contributed by atoms with Gasteiger partial charge in [0.15, 0.2) is 0 Å². The highest BCUT2D eigenvalue weighted by atomic mass is 32.2. The van der Waals surface area contributed by atoms with E-state index in [1.807, 2.05) is 13.0 Å². The normalized spacial score (nSPS) is 14.6. The van der Waals surface area contributed by atoms with Crippen molar-refractivity contribution in [2.24, 2.45) is 0 Å². The van der Waals surface area contributed by atoms with Gasteiger partial charge >= 0.3 is 0 Å². The van der Waals surface area contributed by atoms with Gasteiger partial charge in [-0.25, -0.2) is 0 Å². The third-order valence-corrected chi connectivity index (χ3v) is 5.38. The zero-order valence-electron chi connectivity index (χ0n) is 12.7. The van der Waals surface area contributed by atoms with Crippen molar-refractivity contribution in [3.63, 3.8) is 0 Å². The van der Waals surface area contributed by atoms with Crippen LogP contribution in [0.3, 0.4) is 0 Å². The summed E-state index contributed by atoms with van der Waals surface area (Å²) in [7, 11) is -3.70. The number of hydrogen-bond acceptors (Lipinski definition) is 3. The number of benzene rings is 2. The third kappa shape index (κ3) is 3.39. The minimum Gasteiger partial charge on any atom is -0.262 e. The largest absolute Gasteiger partial charge is 0.297 e. The van der Waals surface area contributed by atoms with Crippen molar-refractivity contribution < 1.29 is 12.6 Å². The van der Waals surface area contributed by atoms with Crippen LogP contribution in [0.4, 0.5) is 0 Å². The summed E-state index contributed by atoms with van der Waals surface area (Å²) in [5.41, 5.74) is 4.65. The molecule has 0 spiro atoms. The van der Waals surface area contributed by atoms with Gasteiger partial charge in [-0.3, -0.25) is 4.18 Å². The molecule has 22 heavy (non-hydrogen) atoms. The summed E-state index contributed by atoms with van der Waals surface area (Å²) in [5, 5.41) is 0. The van der Waals surface area contributed by atoms with Crippen LogP contribution in [0.5, 0.6) is 0 Å². The number of hydrogen-bond donors (Lipinski definition) is 0. The lowest BCUT2D eigenvalue weighted by atomic mass is 9.90. The SMILES string of the molecule is Cc1ccc(S(=O)(=O)OCc2ccc3c(c2)CCCC3)cc1. The molecule has 0 saturated carbocycles. The fourth-order valence-electron chi connectivity index (χ4n) is 2.80. The van der Waals surface area contributed by atoms with Gasteiger partial charge in [0.05, 0.1) is 11.5 Å². The average molecular weight is 316 g/mol. The second kappa shape index (κ2) is 6.23. The number of aryl methyl sites for hydroxylation is 3. The lowest BCUT2D eigenvalue weighted by Crippen LogP contribution is -2.08. The van der Waals surface area contributed by atoms with E-state index in [0.717, 1.165) is 24.0 Å². The van der Waals surface area contributed by atoms with Crippen LogP contribution >= 0.6 is 0 Å². The molecular formula is C18H20O3S. The summed E-state index contributed by atoms with van der Waals surface area (Å²) in [5.74, 6) is 0. The van der Waals surface area contributed by atoms with Crippen LogP contribution in [0.15, 0.2) is 47.4 Å². The van der Waals surface area contributed by atoms with E-state index in [4.69, 9.17) is 4.18 Å². The maximum absolute atomic E-state index is 12.2. The Balaban J connectivity index is 1.73. The number of rotatable bonds is 4. The van der Waals surface area contributed by atoms with Crippen molar-refractivity contribution in [2.45, 2.75) is 44.1 Å². The topological polar surface area (TPSA) is 43.4 Å². The highest BCUT2D eigenvalue weighted by molar-refractivity contribution is 7.86. The Morgan fingerprint density at radius 2 is 1.64 bits per heavy atom. The van der Waals surface area contributed by atoms with Crippen molar-refractivity contribution in [3.05, 3.63) is 64.7 Å². The summed E-state index contributed by atoms with van der Waals surface area (Å²) in [6.45, 7) is 2.01. The van der Waals surface area contributed by atoms with E-state index in [1.54, 1.807) is 24.3 Å². The minimum atomic E-state index is -3.70. The van der Waals surface area contributed by atoms with Crippen LogP contribution in [0.2, 0.25) is 0 Å². The molecule has 0 unspecified atom stereocenters. The third-order valence-electron chi connectivity index (χ3n) is 4.10. The zero-order chi connectivity index (χ0) is 15.6. The Labute approximate surface area is 132 Å². The standard InChI is InChI=1S/C18H20O3S/c1-14-6-10-18(11-7-14)22(19,20)21-13-15-8-9-16-4-2-3-5-17(16)12-15/h6-12H,2-5,13H2,1H3. The molecule has 2 aromatic carbocycles. The second-order valence-electron chi connectivity index (χ2n) is 5.84. The minimum absolute atomic E-state index is 0.0868. The van der Waals surface area contributed by atoms with Gasteiger partial charge < -0.3 is 0 Å². The first-order valence-electron chi connectivity index (χ1n) is 7.61. The Bertz CT molecular complexity index is 761. The molecule has 0 N–H and O–H groups in total. The zero-order valence-corrected chi connectivity index (χ0v) is 13.5. The molecule has 4 heteroatoms. The van der Waals surface area contributed by atoms with Gasteiger partial charge in [0.1, 0.15) is 0 Å². The maximum atomic E-state index is 12.2. The van der Waals surface area contributed by atoms with Gasteiger partial charge in [-0.2, -0.15) is 8.42 Å². The molecule has 3 nitrogen and oxygen atoms in total. The van der Waals surface area contributed by atoms with Gasteiger partial charge in [0.2, 0.25) is 0 Å². The highest BCUT2D eigenvalue weighted by Gasteiger charge is 2.16. The molecule has 0 aliphatic heterocycles. The Kier molecular flexibility index (Phi) is 4.32. The molecule has 0 amide bonds. The molecule has 0 fully saturated rings. The molecule has 2 aromatic rings. The lowest BCUT2D eigenvalue weighted by molar-refractivity contribution is 0.308. The monoisotopic (exact) mass is 316 g/mol. The molecule has 1 aliphatic rings. The van der Waals surface area contributed by atoms with Gasteiger partial charge in [-0.15, -0.1) is 0 Å². The molecule has 0 radical (unpaired) electrons. The van der Waals surface area contributed by atoms with E-state index in [-0.39, 0.29) is 11.5 Å². The van der Waals surface area contributed by atoms with Crippen molar-refractivity contribution in [1.82, 2.24) is 0 Å². The molecule has 0 bridgehead atoms. The van der Waals surface area contributed by atoms with E-state index in [2.05, 4.69) is 12.1 Å². The molecule has 3 rings (SSSR count). The first kappa shape index (κ1) is 15.3. The predicted octanol–water partition coefficient (Wildman–Crippen LogP) is 3.78. The lowest BCUT2D eigenvalue weighted by Gasteiger charge is -2.16. The smallest absolute Gasteiger partial charge is 0.262 e. The van der Waals surface area contributed by atoms with Gasteiger partial charge in [-0.1, -0.05) is 35.9 Å². The molecule has 0 heterocycles. The fraction of sp³-hybridized carbons (Fsp3) is 0.333. The summed E-state index contributed by atoms with van der Waals surface area (Å²) in [4.78, 5) is 0.205. The number of fused-ring (bicyclic) bond motifs is 1. The molecule has 0 atom stereocenters. The molecule has 1 aliphatic carbocycles. The predicted molar refractivity (Wildman–Crippen MR) is 86.2 cm³/mol. The van der Waals surface area contributed by atoms with E-state index in [1.165, 1.54) is 24.0 Å². The summed E-state index contributed by atoms with van der Waals surface area (Å²) < 4.78 is 29.6. The Morgan fingerprint density at radius 3 is 2.36 bits per heavy atom. The van der Waals surface area contributed by atoms with Crippen molar-refractivity contribution in [1.29, 1.82) is 0 Å². The van der Waals surface area contributed by atoms with E-state index in [0.29, 0.717) is 0 Å². The molecule has 0 saturated heterocycles. The molecule has 116 valence electrons. The first-order valence-corrected chi connectivity index (χ1v) is 9.02. The Hall–Kier alpha value is -1.65. The quantitative estimate of drug-likeness (QED) is 0.806. The Morgan fingerprint density at radius 1 is 0.955 bits per heavy atom. The summed E-state index contributed by atoms with van der Waals surface area (Å²) >= 11 is 0. The summed E-state index contributed by atoms with van der Waals surface area (Å²) in [6, 6.07) is 12.9. The van der Waals surface area contributed by atoms with Crippen molar-refractivity contribution in [3.8, 4) is 0 Å². The fourth-order valence-corrected chi connectivity index (χ4v) is 3.69. The van der Waals surface area contributed by atoms with Crippen LogP contribution in [0, 0.1) is 6.92 Å². The maximum Gasteiger partial charge on any atom is 0.297 e. The van der Waals surface area contributed by atoms with E-state index < -0.39 is 10.1 Å². The van der Waals surface area contributed by atoms with Gasteiger partial charge in [-0.05, 0) is 61.4 Å². The van der Waals surface area contributed by atoms with Crippen LogP contribution in [-0.4, -0.2) is 8.42 Å². The first-order chi connectivity index (χ1) is 10.5.